The first kappa shape index (κ1) is 9.86. The first-order valence-corrected chi connectivity index (χ1v) is 4.73. The van der Waals surface area contributed by atoms with Crippen LogP contribution in [0.25, 0.3) is 11.4 Å². The van der Waals surface area contributed by atoms with Crippen LogP contribution in [0.15, 0.2) is 29.2 Å². The van der Waals surface area contributed by atoms with Crippen molar-refractivity contribution in [1.29, 1.82) is 0 Å². The van der Waals surface area contributed by atoms with Crippen LogP contribution in [0.1, 0.15) is 5.69 Å². The van der Waals surface area contributed by atoms with Gasteiger partial charge in [-0.25, -0.2) is 9.97 Å². The minimum absolute atomic E-state index is 0.176. The van der Waals surface area contributed by atoms with Gasteiger partial charge in [0.05, 0.1) is 0 Å². The Hall–Kier alpha value is -1.68. The van der Waals surface area contributed by atoms with Crippen molar-refractivity contribution in [2.75, 3.05) is 0 Å². The van der Waals surface area contributed by atoms with Gasteiger partial charge < -0.3 is 4.98 Å². The summed E-state index contributed by atoms with van der Waals surface area (Å²) >= 11 is 5.74. The van der Waals surface area contributed by atoms with Crippen molar-refractivity contribution < 1.29 is 0 Å². The molecule has 0 aliphatic rings. The molecule has 0 fully saturated rings. The van der Waals surface area contributed by atoms with Crippen molar-refractivity contribution in [2.24, 2.45) is 0 Å². The molecule has 0 saturated heterocycles. The van der Waals surface area contributed by atoms with Gasteiger partial charge in [0.15, 0.2) is 0 Å². The molecule has 0 radical (unpaired) electrons. The predicted octanol–water partition coefficient (Wildman–Crippen LogP) is 1.79. The number of aromatic amines is 1. The van der Waals surface area contributed by atoms with E-state index in [1.54, 1.807) is 25.3 Å². The van der Waals surface area contributed by atoms with Gasteiger partial charge in [0, 0.05) is 23.5 Å². The van der Waals surface area contributed by atoms with Gasteiger partial charge in [-0.3, -0.25) is 4.79 Å². The zero-order valence-electron chi connectivity index (χ0n) is 7.99. The number of H-pyrrole nitrogens is 1. The van der Waals surface area contributed by atoms with Crippen molar-refractivity contribution in [1.82, 2.24) is 15.0 Å². The van der Waals surface area contributed by atoms with Crippen LogP contribution in [0.4, 0.5) is 0 Å². The molecule has 4 nitrogen and oxygen atoms in total. The van der Waals surface area contributed by atoms with E-state index in [0.29, 0.717) is 16.7 Å². The molecular weight excluding hydrogens is 214 g/mol. The van der Waals surface area contributed by atoms with Gasteiger partial charge in [-0.05, 0) is 19.1 Å². The first-order chi connectivity index (χ1) is 7.15. The Kier molecular flexibility index (Phi) is 2.51. The van der Waals surface area contributed by atoms with Crippen molar-refractivity contribution >= 4 is 11.6 Å². The minimum atomic E-state index is -0.176. The van der Waals surface area contributed by atoms with Crippen LogP contribution in [0.5, 0.6) is 0 Å². The van der Waals surface area contributed by atoms with E-state index < -0.39 is 0 Å². The SMILES string of the molecule is Cc1cc(=O)[nH]c(-c2ccnc(Cl)c2)n1. The Bertz CT molecular complexity index is 550. The van der Waals surface area contributed by atoms with Crippen LogP contribution in [-0.4, -0.2) is 15.0 Å². The monoisotopic (exact) mass is 221 g/mol. The third-order valence-electron chi connectivity index (χ3n) is 1.87. The summed E-state index contributed by atoms with van der Waals surface area (Å²) < 4.78 is 0. The molecule has 0 aliphatic heterocycles. The lowest BCUT2D eigenvalue weighted by Gasteiger charge is -2.01. The Labute approximate surface area is 91.0 Å². The third-order valence-corrected chi connectivity index (χ3v) is 2.08. The summed E-state index contributed by atoms with van der Waals surface area (Å²) in [5.41, 5.74) is 1.24. The highest BCUT2D eigenvalue weighted by Gasteiger charge is 2.02. The lowest BCUT2D eigenvalue weighted by atomic mass is 10.2. The maximum absolute atomic E-state index is 11.2. The fraction of sp³-hybridized carbons (Fsp3) is 0.100. The number of rotatable bonds is 1. The Morgan fingerprint density at radius 3 is 2.87 bits per heavy atom. The highest BCUT2D eigenvalue weighted by atomic mass is 35.5. The van der Waals surface area contributed by atoms with E-state index in [2.05, 4.69) is 15.0 Å². The second-order valence-corrected chi connectivity index (χ2v) is 3.49. The van der Waals surface area contributed by atoms with Crippen molar-refractivity contribution in [3.63, 3.8) is 0 Å². The Morgan fingerprint density at radius 2 is 2.20 bits per heavy atom. The minimum Gasteiger partial charge on any atom is -0.307 e. The molecule has 0 aliphatic carbocycles. The van der Waals surface area contributed by atoms with E-state index in [9.17, 15) is 4.79 Å². The Morgan fingerprint density at radius 1 is 1.40 bits per heavy atom. The lowest BCUT2D eigenvalue weighted by molar-refractivity contribution is 1.07. The fourth-order valence-corrected chi connectivity index (χ4v) is 1.44. The molecular formula is C10H8ClN3O. The lowest BCUT2D eigenvalue weighted by Crippen LogP contribution is -2.08. The quantitative estimate of drug-likeness (QED) is 0.747. The summed E-state index contributed by atoms with van der Waals surface area (Å²) in [6, 6.07) is 4.83. The average molecular weight is 222 g/mol. The van der Waals surface area contributed by atoms with Crippen LogP contribution >= 0.6 is 11.6 Å². The maximum Gasteiger partial charge on any atom is 0.251 e. The van der Waals surface area contributed by atoms with Crippen LogP contribution in [-0.2, 0) is 0 Å². The largest absolute Gasteiger partial charge is 0.307 e. The molecule has 0 unspecified atom stereocenters. The van der Waals surface area contributed by atoms with Crippen molar-refractivity contribution in [3.05, 3.63) is 45.6 Å². The molecule has 0 saturated carbocycles. The number of hydrogen-bond acceptors (Lipinski definition) is 3. The second kappa shape index (κ2) is 3.82. The molecule has 15 heavy (non-hydrogen) atoms. The second-order valence-electron chi connectivity index (χ2n) is 3.10. The molecule has 5 heteroatoms. The van der Waals surface area contributed by atoms with E-state index in [0.717, 1.165) is 5.56 Å². The normalized spacial score (nSPS) is 10.3. The topological polar surface area (TPSA) is 58.6 Å². The summed E-state index contributed by atoms with van der Waals surface area (Å²) in [6.07, 6.45) is 1.57. The molecule has 0 atom stereocenters. The molecule has 0 spiro atoms. The van der Waals surface area contributed by atoms with Crippen molar-refractivity contribution in [2.45, 2.75) is 6.92 Å². The van der Waals surface area contributed by atoms with Crippen LogP contribution in [0, 0.1) is 6.92 Å². The number of halogens is 1. The van der Waals surface area contributed by atoms with Gasteiger partial charge in [-0.1, -0.05) is 11.6 Å². The molecule has 2 heterocycles. The highest BCUT2D eigenvalue weighted by molar-refractivity contribution is 6.29. The zero-order chi connectivity index (χ0) is 10.8. The number of aryl methyl sites for hydroxylation is 1. The van der Waals surface area contributed by atoms with Crippen LogP contribution < -0.4 is 5.56 Å². The third kappa shape index (κ3) is 2.22. The van der Waals surface area contributed by atoms with E-state index in [-0.39, 0.29) is 5.56 Å². The van der Waals surface area contributed by atoms with E-state index in [1.165, 1.54) is 6.07 Å². The van der Waals surface area contributed by atoms with Gasteiger partial charge in [-0.2, -0.15) is 0 Å². The molecule has 76 valence electrons. The smallest absolute Gasteiger partial charge is 0.251 e. The number of hydrogen-bond donors (Lipinski definition) is 1. The predicted molar refractivity (Wildman–Crippen MR) is 57.8 cm³/mol. The fourth-order valence-electron chi connectivity index (χ4n) is 1.27. The summed E-state index contributed by atoms with van der Waals surface area (Å²) in [4.78, 5) is 21.9. The maximum atomic E-state index is 11.2. The van der Waals surface area contributed by atoms with Crippen LogP contribution in [0.2, 0.25) is 5.15 Å². The average Bonchev–Trinajstić information content (AvgIpc) is 2.16. The van der Waals surface area contributed by atoms with Gasteiger partial charge in [0.1, 0.15) is 11.0 Å². The van der Waals surface area contributed by atoms with Crippen molar-refractivity contribution in [3.8, 4) is 11.4 Å². The number of nitrogens with zero attached hydrogens (tertiary/aromatic N) is 2. The molecule has 1 N–H and O–H groups in total. The van der Waals surface area contributed by atoms with Crippen LogP contribution in [0.3, 0.4) is 0 Å². The standard InChI is InChI=1S/C10H8ClN3O/c1-6-4-9(15)14-10(13-6)7-2-3-12-8(11)5-7/h2-5H,1H3,(H,13,14,15). The molecule has 0 aromatic carbocycles. The van der Waals surface area contributed by atoms with Gasteiger partial charge in [-0.15, -0.1) is 0 Å². The highest BCUT2D eigenvalue weighted by Crippen LogP contribution is 2.16. The summed E-state index contributed by atoms with van der Waals surface area (Å²) in [5, 5.41) is 0.372. The van der Waals surface area contributed by atoms with Gasteiger partial charge >= 0.3 is 0 Å². The number of nitrogens with one attached hydrogen (secondary N) is 1. The molecule has 0 amide bonds. The first-order valence-electron chi connectivity index (χ1n) is 4.35. The molecule has 2 rings (SSSR count). The summed E-state index contributed by atoms with van der Waals surface area (Å²) in [7, 11) is 0. The van der Waals surface area contributed by atoms with Gasteiger partial charge in [0.2, 0.25) is 0 Å². The number of pyridine rings is 1. The van der Waals surface area contributed by atoms with E-state index >= 15 is 0 Å². The number of aromatic nitrogens is 3. The summed E-state index contributed by atoms with van der Waals surface area (Å²) in [5.74, 6) is 0.504. The van der Waals surface area contributed by atoms with Gasteiger partial charge in [0.25, 0.3) is 5.56 Å². The molecule has 2 aromatic rings. The Balaban J connectivity index is 2.59. The zero-order valence-corrected chi connectivity index (χ0v) is 8.75. The van der Waals surface area contributed by atoms with E-state index in [4.69, 9.17) is 11.6 Å². The molecule has 2 aromatic heterocycles. The summed E-state index contributed by atoms with van der Waals surface area (Å²) in [6.45, 7) is 1.77. The van der Waals surface area contributed by atoms with E-state index in [1.807, 2.05) is 0 Å². The molecule has 0 bridgehead atoms.